The van der Waals surface area contributed by atoms with Crippen LogP contribution in [-0.2, 0) is 11.3 Å². The zero-order valence-corrected chi connectivity index (χ0v) is 14.6. The number of benzene rings is 2. The van der Waals surface area contributed by atoms with Crippen molar-refractivity contribution < 1.29 is 18.3 Å². The zero-order valence-electron chi connectivity index (χ0n) is 14.6. The maximum atomic E-state index is 12.1. The lowest BCUT2D eigenvalue weighted by molar-refractivity contribution is -0.117. The second kappa shape index (κ2) is 8.58. The van der Waals surface area contributed by atoms with Crippen LogP contribution in [-0.4, -0.2) is 31.0 Å². The first kappa shape index (κ1) is 18.9. The number of amides is 1. The Morgan fingerprint density at radius 2 is 1.80 bits per heavy atom. The first-order chi connectivity index (χ1) is 11.8. The topological polar surface area (TPSA) is 41.6 Å². The standard InChI is InChI=1S/C19H22F2N2O2/c1-13-4-7-16(10-14(13)2)22-18(24)12-23(3)11-15-5-8-17(9-6-15)25-19(20)21/h4-10,19H,11-12H2,1-3H3,(H,22,24). The van der Waals surface area contributed by atoms with Gasteiger partial charge >= 0.3 is 6.61 Å². The molecule has 0 aliphatic heterocycles. The van der Waals surface area contributed by atoms with E-state index in [9.17, 15) is 13.6 Å². The molecular formula is C19H22F2N2O2. The Morgan fingerprint density at radius 1 is 1.12 bits per heavy atom. The second-order valence-corrected chi connectivity index (χ2v) is 6.04. The number of aryl methyl sites for hydroxylation is 2. The zero-order chi connectivity index (χ0) is 18.4. The van der Waals surface area contributed by atoms with Gasteiger partial charge in [0.25, 0.3) is 0 Å². The average Bonchev–Trinajstić information content (AvgIpc) is 2.52. The lowest BCUT2D eigenvalue weighted by atomic mass is 10.1. The van der Waals surface area contributed by atoms with Crippen molar-refractivity contribution in [2.45, 2.75) is 27.0 Å². The van der Waals surface area contributed by atoms with Gasteiger partial charge in [-0.25, -0.2) is 0 Å². The molecule has 2 aromatic rings. The number of nitrogens with one attached hydrogen (secondary N) is 1. The highest BCUT2D eigenvalue weighted by molar-refractivity contribution is 5.92. The molecule has 0 aliphatic rings. The fourth-order valence-electron chi connectivity index (χ4n) is 2.41. The number of rotatable bonds is 7. The highest BCUT2D eigenvalue weighted by atomic mass is 19.3. The molecule has 0 spiro atoms. The smallest absolute Gasteiger partial charge is 0.387 e. The van der Waals surface area contributed by atoms with Crippen LogP contribution in [0, 0.1) is 13.8 Å². The summed E-state index contributed by atoms with van der Waals surface area (Å²) in [7, 11) is 1.82. The van der Waals surface area contributed by atoms with E-state index >= 15 is 0 Å². The van der Waals surface area contributed by atoms with Crippen LogP contribution in [0.25, 0.3) is 0 Å². The van der Waals surface area contributed by atoms with E-state index < -0.39 is 6.61 Å². The Bertz CT molecular complexity index is 718. The molecule has 4 nitrogen and oxygen atoms in total. The van der Waals surface area contributed by atoms with Crippen LogP contribution in [0.15, 0.2) is 42.5 Å². The number of likely N-dealkylation sites (N-methyl/N-ethyl adjacent to an activating group) is 1. The average molecular weight is 348 g/mol. The van der Waals surface area contributed by atoms with E-state index in [0.29, 0.717) is 6.54 Å². The third kappa shape index (κ3) is 6.15. The van der Waals surface area contributed by atoms with Crippen LogP contribution in [0.1, 0.15) is 16.7 Å². The third-order valence-corrected chi connectivity index (χ3v) is 3.81. The lowest BCUT2D eigenvalue weighted by Crippen LogP contribution is -2.29. The van der Waals surface area contributed by atoms with Crippen molar-refractivity contribution >= 4 is 11.6 Å². The van der Waals surface area contributed by atoms with Crippen molar-refractivity contribution in [3.63, 3.8) is 0 Å². The van der Waals surface area contributed by atoms with Crippen molar-refractivity contribution in [3.8, 4) is 5.75 Å². The van der Waals surface area contributed by atoms with Gasteiger partial charge in [0.15, 0.2) is 0 Å². The van der Waals surface area contributed by atoms with Crippen LogP contribution in [0.5, 0.6) is 5.75 Å². The molecule has 1 amide bonds. The fourth-order valence-corrected chi connectivity index (χ4v) is 2.41. The van der Waals surface area contributed by atoms with E-state index in [4.69, 9.17) is 0 Å². The molecule has 2 rings (SSSR count). The quantitative estimate of drug-likeness (QED) is 0.823. The summed E-state index contributed by atoms with van der Waals surface area (Å²) in [6.45, 7) is 1.94. The van der Waals surface area contributed by atoms with E-state index in [1.54, 1.807) is 12.1 Å². The molecule has 6 heteroatoms. The Labute approximate surface area is 146 Å². The third-order valence-electron chi connectivity index (χ3n) is 3.81. The van der Waals surface area contributed by atoms with Crippen molar-refractivity contribution in [1.82, 2.24) is 4.90 Å². The van der Waals surface area contributed by atoms with Crippen LogP contribution in [0.4, 0.5) is 14.5 Å². The number of ether oxygens (including phenoxy) is 1. The number of anilines is 1. The van der Waals surface area contributed by atoms with Gasteiger partial charge in [0, 0.05) is 12.2 Å². The summed E-state index contributed by atoms with van der Waals surface area (Å²) in [4.78, 5) is 14.0. The molecule has 0 atom stereocenters. The fraction of sp³-hybridized carbons (Fsp3) is 0.316. The van der Waals surface area contributed by atoms with Crippen LogP contribution in [0.3, 0.4) is 0 Å². The molecule has 0 saturated carbocycles. The van der Waals surface area contributed by atoms with Crippen molar-refractivity contribution in [3.05, 3.63) is 59.2 Å². The predicted octanol–water partition coefficient (Wildman–Crippen LogP) is 3.98. The van der Waals surface area contributed by atoms with Crippen LogP contribution >= 0.6 is 0 Å². The molecule has 25 heavy (non-hydrogen) atoms. The maximum absolute atomic E-state index is 12.1. The first-order valence-corrected chi connectivity index (χ1v) is 7.93. The summed E-state index contributed by atoms with van der Waals surface area (Å²) in [6, 6.07) is 12.2. The molecule has 0 saturated heterocycles. The number of carbonyl (C=O) groups is 1. The van der Waals surface area contributed by atoms with Gasteiger partial charge in [-0.1, -0.05) is 18.2 Å². The lowest BCUT2D eigenvalue weighted by Gasteiger charge is -2.17. The SMILES string of the molecule is Cc1ccc(NC(=O)CN(C)Cc2ccc(OC(F)F)cc2)cc1C. The Morgan fingerprint density at radius 3 is 2.40 bits per heavy atom. The normalized spacial score (nSPS) is 11.0. The number of alkyl halides is 2. The Balaban J connectivity index is 1.85. The van der Waals surface area contributed by atoms with Gasteiger partial charge in [-0.05, 0) is 61.9 Å². The van der Waals surface area contributed by atoms with E-state index in [0.717, 1.165) is 16.8 Å². The highest BCUT2D eigenvalue weighted by Gasteiger charge is 2.09. The molecule has 0 heterocycles. The Hall–Kier alpha value is -2.47. The summed E-state index contributed by atoms with van der Waals surface area (Å²) in [6.07, 6.45) is 0. The van der Waals surface area contributed by atoms with Crippen LogP contribution < -0.4 is 10.1 Å². The minimum atomic E-state index is -2.83. The molecular weight excluding hydrogens is 326 g/mol. The number of carbonyl (C=O) groups excluding carboxylic acids is 1. The number of hydrogen-bond donors (Lipinski definition) is 1. The molecule has 0 fully saturated rings. The maximum Gasteiger partial charge on any atom is 0.387 e. The summed E-state index contributed by atoms with van der Waals surface area (Å²) >= 11 is 0. The van der Waals surface area contributed by atoms with Gasteiger partial charge in [0.05, 0.1) is 6.54 Å². The number of nitrogens with zero attached hydrogens (tertiary/aromatic N) is 1. The largest absolute Gasteiger partial charge is 0.435 e. The molecule has 0 aromatic heterocycles. The first-order valence-electron chi connectivity index (χ1n) is 7.93. The summed E-state index contributed by atoms with van der Waals surface area (Å²) in [5, 5.41) is 2.87. The monoisotopic (exact) mass is 348 g/mol. The van der Waals surface area contributed by atoms with Crippen molar-refractivity contribution in [2.24, 2.45) is 0 Å². The predicted molar refractivity (Wildman–Crippen MR) is 94.0 cm³/mol. The van der Waals surface area contributed by atoms with E-state index in [1.165, 1.54) is 17.7 Å². The minimum absolute atomic E-state index is 0.108. The molecule has 0 aliphatic carbocycles. The van der Waals surface area contributed by atoms with Crippen molar-refractivity contribution in [1.29, 1.82) is 0 Å². The molecule has 0 radical (unpaired) electrons. The molecule has 0 unspecified atom stereocenters. The summed E-state index contributed by atoms with van der Waals surface area (Å²) < 4.78 is 28.6. The summed E-state index contributed by atoms with van der Waals surface area (Å²) in [5.74, 6) is 0.0114. The molecule has 1 N–H and O–H groups in total. The Kier molecular flexibility index (Phi) is 6.47. The highest BCUT2D eigenvalue weighted by Crippen LogP contribution is 2.16. The van der Waals surface area contributed by atoms with E-state index in [-0.39, 0.29) is 18.2 Å². The van der Waals surface area contributed by atoms with Gasteiger partial charge in [0.1, 0.15) is 5.75 Å². The molecule has 0 bridgehead atoms. The van der Waals surface area contributed by atoms with E-state index in [1.807, 2.05) is 44.0 Å². The van der Waals surface area contributed by atoms with Gasteiger partial charge in [0.2, 0.25) is 5.91 Å². The number of halogens is 2. The summed E-state index contributed by atoms with van der Waals surface area (Å²) in [5.41, 5.74) is 3.98. The molecule has 134 valence electrons. The van der Waals surface area contributed by atoms with E-state index in [2.05, 4.69) is 10.1 Å². The minimum Gasteiger partial charge on any atom is -0.435 e. The van der Waals surface area contributed by atoms with Crippen molar-refractivity contribution in [2.75, 3.05) is 18.9 Å². The van der Waals surface area contributed by atoms with Gasteiger partial charge < -0.3 is 10.1 Å². The number of hydrogen-bond acceptors (Lipinski definition) is 3. The molecule has 2 aromatic carbocycles. The van der Waals surface area contributed by atoms with Gasteiger partial charge in [-0.2, -0.15) is 8.78 Å². The van der Waals surface area contributed by atoms with Crippen LogP contribution in [0.2, 0.25) is 0 Å². The van der Waals surface area contributed by atoms with Gasteiger partial charge in [-0.3, -0.25) is 9.69 Å². The second-order valence-electron chi connectivity index (χ2n) is 6.04. The van der Waals surface area contributed by atoms with Gasteiger partial charge in [-0.15, -0.1) is 0 Å².